The van der Waals surface area contributed by atoms with Gasteiger partial charge >= 0.3 is 0 Å². The summed E-state index contributed by atoms with van der Waals surface area (Å²) >= 11 is 1.49. The molecule has 2 aliphatic heterocycles. The fraction of sp³-hybridized carbons (Fsp3) is 0.529. The van der Waals surface area contributed by atoms with E-state index in [0.717, 1.165) is 30.2 Å². The second-order valence-corrected chi connectivity index (χ2v) is 9.90. The number of rotatable bonds is 5. The van der Waals surface area contributed by atoms with Crippen molar-refractivity contribution in [2.24, 2.45) is 4.99 Å². The molecule has 0 spiro atoms. The standard InChI is InChI=1S/C17H23N3O3S2/c1-3-4-9-20(2)16(21)12-5-7-13(8-6-12)18-17-19-14-10-25(22,23)11-15(14)24-17/h5-8,14-15H,3-4,9-11H2,1-2H3,(H,18,19)/t14-,15-/m0/s1. The van der Waals surface area contributed by atoms with Gasteiger partial charge in [-0.1, -0.05) is 25.1 Å². The molecule has 8 heteroatoms. The van der Waals surface area contributed by atoms with Gasteiger partial charge in [0, 0.05) is 30.1 Å². The van der Waals surface area contributed by atoms with Crippen LogP contribution in [-0.4, -0.2) is 60.8 Å². The van der Waals surface area contributed by atoms with Crippen molar-refractivity contribution < 1.29 is 13.2 Å². The van der Waals surface area contributed by atoms with Gasteiger partial charge in [0.05, 0.1) is 17.5 Å². The highest BCUT2D eigenvalue weighted by Crippen LogP contribution is 2.34. The molecule has 3 rings (SSSR count). The van der Waals surface area contributed by atoms with Crippen molar-refractivity contribution in [1.82, 2.24) is 4.90 Å². The van der Waals surface area contributed by atoms with Crippen LogP contribution in [-0.2, 0) is 9.84 Å². The summed E-state index contributed by atoms with van der Waals surface area (Å²) in [4.78, 5) is 18.5. The Morgan fingerprint density at radius 1 is 1.32 bits per heavy atom. The minimum Gasteiger partial charge on any atom is -0.342 e. The number of fused-ring (bicyclic) bond motifs is 1. The zero-order valence-corrected chi connectivity index (χ0v) is 16.1. The van der Waals surface area contributed by atoms with Crippen LogP contribution in [0.5, 0.6) is 0 Å². The number of carbonyl (C=O) groups excluding carboxylic acids is 1. The highest BCUT2D eigenvalue weighted by molar-refractivity contribution is 8.15. The van der Waals surface area contributed by atoms with E-state index in [0.29, 0.717) is 5.56 Å². The summed E-state index contributed by atoms with van der Waals surface area (Å²) in [6.07, 6.45) is 2.06. The first-order valence-corrected chi connectivity index (χ1v) is 11.2. The molecule has 25 heavy (non-hydrogen) atoms. The summed E-state index contributed by atoms with van der Waals surface area (Å²) in [6.45, 7) is 2.86. The molecule has 136 valence electrons. The molecule has 0 aromatic heterocycles. The van der Waals surface area contributed by atoms with Crippen LogP contribution in [0, 0.1) is 0 Å². The molecule has 1 aromatic rings. The Morgan fingerprint density at radius 2 is 2.04 bits per heavy atom. The van der Waals surface area contributed by atoms with Gasteiger partial charge in [0.1, 0.15) is 0 Å². The quantitative estimate of drug-likeness (QED) is 0.846. The van der Waals surface area contributed by atoms with Crippen molar-refractivity contribution in [2.45, 2.75) is 31.1 Å². The third kappa shape index (κ3) is 4.36. The largest absolute Gasteiger partial charge is 0.342 e. The second-order valence-electron chi connectivity index (χ2n) is 6.52. The maximum Gasteiger partial charge on any atom is 0.253 e. The summed E-state index contributed by atoms with van der Waals surface area (Å²) in [6, 6.07) is 7.19. The first-order valence-electron chi connectivity index (χ1n) is 8.45. The van der Waals surface area contributed by atoms with Crippen LogP contribution in [0.2, 0.25) is 0 Å². The molecule has 0 radical (unpaired) electrons. The van der Waals surface area contributed by atoms with Gasteiger partial charge in [0.15, 0.2) is 15.0 Å². The van der Waals surface area contributed by atoms with Crippen molar-refractivity contribution in [2.75, 3.05) is 30.4 Å². The lowest BCUT2D eigenvalue weighted by Crippen LogP contribution is -2.27. The maximum atomic E-state index is 12.3. The number of anilines is 1. The minimum atomic E-state index is -2.93. The number of aliphatic imine (C=N–C) groups is 1. The highest BCUT2D eigenvalue weighted by Gasteiger charge is 2.42. The van der Waals surface area contributed by atoms with Crippen LogP contribution in [0.3, 0.4) is 0 Å². The van der Waals surface area contributed by atoms with Crippen molar-refractivity contribution in [3.63, 3.8) is 0 Å². The molecule has 6 nitrogen and oxygen atoms in total. The van der Waals surface area contributed by atoms with E-state index in [1.165, 1.54) is 11.8 Å². The smallest absolute Gasteiger partial charge is 0.253 e. The van der Waals surface area contributed by atoms with Gasteiger partial charge in [0.25, 0.3) is 5.91 Å². The molecular formula is C17H23N3O3S2. The van der Waals surface area contributed by atoms with Crippen LogP contribution in [0.15, 0.2) is 29.3 Å². The third-order valence-electron chi connectivity index (χ3n) is 4.40. The molecule has 0 bridgehead atoms. The lowest BCUT2D eigenvalue weighted by Gasteiger charge is -2.17. The molecule has 1 N–H and O–H groups in total. The average molecular weight is 382 g/mol. The van der Waals surface area contributed by atoms with E-state index in [9.17, 15) is 13.2 Å². The Balaban J connectivity index is 1.59. The summed E-state index contributed by atoms with van der Waals surface area (Å²) in [5.74, 6) is 0.370. The van der Waals surface area contributed by atoms with Gasteiger partial charge in [0.2, 0.25) is 0 Å². The number of nitrogens with one attached hydrogen (secondary N) is 1. The zero-order chi connectivity index (χ0) is 18.0. The topological polar surface area (TPSA) is 78.8 Å². The van der Waals surface area contributed by atoms with E-state index in [1.54, 1.807) is 17.0 Å². The van der Waals surface area contributed by atoms with Crippen LogP contribution >= 0.6 is 11.8 Å². The average Bonchev–Trinajstić information content (AvgIpc) is 3.05. The van der Waals surface area contributed by atoms with E-state index in [2.05, 4.69) is 17.2 Å². The van der Waals surface area contributed by atoms with Crippen LogP contribution in [0.25, 0.3) is 0 Å². The number of nitrogens with zero attached hydrogens (tertiary/aromatic N) is 2. The van der Waals surface area contributed by atoms with Gasteiger partial charge in [-0.3, -0.25) is 9.79 Å². The van der Waals surface area contributed by atoms with Crippen molar-refractivity contribution >= 4 is 38.4 Å². The molecule has 0 aliphatic carbocycles. The van der Waals surface area contributed by atoms with E-state index in [4.69, 9.17) is 0 Å². The Kier molecular flexibility index (Phi) is 5.38. The Bertz CT molecular complexity index is 775. The van der Waals surface area contributed by atoms with Gasteiger partial charge in [-0.25, -0.2) is 8.42 Å². The summed E-state index contributed by atoms with van der Waals surface area (Å²) in [5.41, 5.74) is 1.51. The normalized spacial score (nSPS) is 23.8. The number of hydrogen-bond donors (Lipinski definition) is 1. The summed E-state index contributed by atoms with van der Waals surface area (Å²) in [5, 5.41) is 4.00. The number of amidine groups is 1. The van der Waals surface area contributed by atoms with E-state index >= 15 is 0 Å². The van der Waals surface area contributed by atoms with Crippen molar-refractivity contribution in [1.29, 1.82) is 0 Å². The second kappa shape index (κ2) is 7.37. The fourth-order valence-corrected chi connectivity index (χ4v) is 6.63. The number of carbonyl (C=O) groups is 1. The maximum absolute atomic E-state index is 12.3. The molecule has 1 saturated heterocycles. The predicted octanol–water partition coefficient (Wildman–Crippen LogP) is 2.24. The number of sulfone groups is 1. The predicted molar refractivity (Wildman–Crippen MR) is 103 cm³/mol. The molecule has 1 aromatic carbocycles. The highest BCUT2D eigenvalue weighted by atomic mass is 32.2. The lowest BCUT2D eigenvalue weighted by molar-refractivity contribution is 0.0793. The lowest BCUT2D eigenvalue weighted by atomic mass is 10.2. The van der Waals surface area contributed by atoms with Gasteiger partial charge in [-0.2, -0.15) is 0 Å². The SMILES string of the molecule is CCCCN(C)C(=O)c1ccc(NC2=N[C@H]3CS(=O)(=O)C[C@@H]3S2)cc1. The first-order chi connectivity index (χ1) is 11.9. The fourth-order valence-electron chi connectivity index (χ4n) is 2.95. The number of unbranched alkanes of at least 4 members (excludes halogenated alkanes) is 1. The third-order valence-corrected chi connectivity index (χ3v) is 7.54. The zero-order valence-electron chi connectivity index (χ0n) is 14.4. The van der Waals surface area contributed by atoms with E-state index in [1.807, 2.05) is 19.2 Å². The first kappa shape index (κ1) is 18.3. The van der Waals surface area contributed by atoms with Gasteiger partial charge in [-0.05, 0) is 30.7 Å². The van der Waals surface area contributed by atoms with Crippen molar-refractivity contribution in [3.05, 3.63) is 29.8 Å². The van der Waals surface area contributed by atoms with Crippen molar-refractivity contribution in [3.8, 4) is 0 Å². The number of thioether (sulfide) groups is 1. The number of benzene rings is 1. The van der Waals surface area contributed by atoms with Crippen LogP contribution in [0.1, 0.15) is 30.1 Å². The van der Waals surface area contributed by atoms with E-state index < -0.39 is 9.84 Å². The molecule has 1 amide bonds. The number of hydrogen-bond acceptors (Lipinski definition) is 6. The molecule has 2 atom stereocenters. The molecule has 2 heterocycles. The Labute approximate surface area is 153 Å². The molecule has 0 saturated carbocycles. The molecular weight excluding hydrogens is 358 g/mol. The van der Waals surface area contributed by atoms with Gasteiger partial charge < -0.3 is 10.2 Å². The van der Waals surface area contributed by atoms with Gasteiger partial charge in [-0.15, -0.1) is 0 Å². The Morgan fingerprint density at radius 3 is 2.68 bits per heavy atom. The molecule has 1 fully saturated rings. The van der Waals surface area contributed by atoms with Crippen LogP contribution in [0.4, 0.5) is 5.69 Å². The van der Waals surface area contributed by atoms with E-state index in [-0.39, 0.29) is 28.7 Å². The Hall–Kier alpha value is -1.54. The van der Waals surface area contributed by atoms with Crippen LogP contribution < -0.4 is 5.32 Å². The summed E-state index contributed by atoms with van der Waals surface area (Å²) in [7, 11) is -1.11. The monoisotopic (exact) mass is 381 g/mol. The number of amides is 1. The molecule has 2 aliphatic rings. The molecule has 0 unspecified atom stereocenters. The summed E-state index contributed by atoms with van der Waals surface area (Å²) < 4.78 is 23.2. The minimum absolute atomic E-state index is 0.0207.